The minimum absolute atomic E-state index is 0.0771. The van der Waals surface area contributed by atoms with Gasteiger partial charge < -0.3 is 10.6 Å². The van der Waals surface area contributed by atoms with Gasteiger partial charge in [0.05, 0.1) is 0 Å². The van der Waals surface area contributed by atoms with Crippen molar-refractivity contribution >= 4 is 17.5 Å². The van der Waals surface area contributed by atoms with Crippen LogP contribution in [0.3, 0.4) is 0 Å². The maximum Gasteiger partial charge on any atom is 0.270 e. The first-order valence-electron chi connectivity index (χ1n) is 11.7. The Hall–Kier alpha value is -2.63. The van der Waals surface area contributed by atoms with Gasteiger partial charge in [0.1, 0.15) is 11.7 Å². The van der Waals surface area contributed by atoms with Gasteiger partial charge >= 0.3 is 0 Å². The average molecular weight is 425 g/mol. The van der Waals surface area contributed by atoms with Crippen molar-refractivity contribution in [2.45, 2.75) is 72.4 Å². The fraction of sp³-hybridized carbons (Fsp3) is 0.560. The summed E-state index contributed by atoms with van der Waals surface area (Å²) in [4.78, 5) is 26.4. The van der Waals surface area contributed by atoms with Crippen LogP contribution in [0.25, 0.3) is 0 Å². The molecule has 2 aliphatic rings. The van der Waals surface area contributed by atoms with Gasteiger partial charge in [-0.05, 0) is 82.4 Å². The van der Waals surface area contributed by atoms with E-state index in [2.05, 4.69) is 15.7 Å². The van der Waals surface area contributed by atoms with Crippen LogP contribution >= 0.6 is 0 Å². The van der Waals surface area contributed by atoms with E-state index in [1.165, 1.54) is 0 Å². The third-order valence-corrected chi connectivity index (χ3v) is 6.00. The Labute approximate surface area is 185 Å². The molecule has 168 valence electrons. The molecule has 2 N–H and O–H groups in total. The topological polar surface area (TPSA) is 76.0 Å². The van der Waals surface area contributed by atoms with E-state index >= 15 is 0 Å². The molecule has 31 heavy (non-hydrogen) atoms. The molecular weight excluding hydrogens is 388 g/mol. The van der Waals surface area contributed by atoms with Gasteiger partial charge in [-0.3, -0.25) is 14.3 Å². The van der Waals surface area contributed by atoms with E-state index in [4.69, 9.17) is 0 Å². The molecule has 0 saturated heterocycles. The highest BCUT2D eigenvalue weighted by molar-refractivity contribution is 6.00. The molecular formula is C25H36N4O2. The van der Waals surface area contributed by atoms with E-state index in [1.54, 1.807) is 16.9 Å². The summed E-state index contributed by atoms with van der Waals surface area (Å²) >= 11 is 0. The number of amides is 2. The molecule has 4 rings (SSSR count). The molecule has 0 aliphatic heterocycles. The summed E-state index contributed by atoms with van der Waals surface area (Å²) in [5, 5.41) is 10.4. The van der Waals surface area contributed by atoms with Crippen LogP contribution in [0.1, 0.15) is 75.5 Å². The number of nitrogens with zero attached hydrogens (tertiary/aromatic N) is 2. The standard InChI is InChI=1S/C23H30N4O2.C2H6/c1-14(2)27-19(12-13-24-27)22(28)26-21(20(16-6-7-16)17-8-9-17)23(29)25-18-10-4-15(3)5-11-18;1-2/h4-5,10-14,16-17,20-21H,6-9H2,1-3H3,(H,25,29)(H,26,28);1-2H3. The summed E-state index contributed by atoms with van der Waals surface area (Å²) < 4.78 is 1.70. The van der Waals surface area contributed by atoms with E-state index in [0.717, 1.165) is 36.9 Å². The molecule has 6 nitrogen and oxygen atoms in total. The fourth-order valence-corrected chi connectivity index (χ4v) is 4.21. The minimum Gasteiger partial charge on any atom is -0.339 e. The van der Waals surface area contributed by atoms with Crippen molar-refractivity contribution in [1.82, 2.24) is 15.1 Å². The van der Waals surface area contributed by atoms with E-state index in [0.29, 0.717) is 17.5 Å². The van der Waals surface area contributed by atoms with Gasteiger partial charge in [0.2, 0.25) is 5.91 Å². The number of carbonyl (C=O) groups is 2. The Bertz CT molecular complexity index is 867. The van der Waals surface area contributed by atoms with Gasteiger partial charge in [0, 0.05) is 17.9 Å². The van der Waals surface area contributed by atoms with Crippen molar-refractivity contribution in [1.29, 1.82) is 0 Å². The Balaban J connectivity index is 0.00000132. The van der Waals surface area contributed by atoms with Crippen LogP contribution in [0.15, 0.2) is 36.5 Å². The van der Waals surface area contributed by atoms with Gasteiger partial charge in [0.25, 0.3) is 5.91 Å². The summed E-state index contributed by atoms with van der Waals surface area (Å²) in [7, 11) is 0. The zero-order valence-corrected chi connectivity index (χ0v) is 19.4. The molecule has 1 aromatic heterocycles. The van der Waals surface area contributed by atoms with E-state index < -0.39 is 6.04 Å². The third kappa shape index (κ3) is 5.75. The van der Waals surface area contributed by atoms with Crippen LogP contribution < -0.4 is 10.6 Å². The molecule has 2 aliphatic carbocycles. The number of nitrogens with one attached hydrogen (secondary N) is 2. The molecule has 1 heterocycles. The lowest BCUT2D eigenvalue weighted by Crippen LogP contribution is -2.50. The highest BCUT2D eigenvalue weighted by Gasteiger charge is 2.48. The molecule has 1 unspecified atom stereocenters. The number of benzene rings is 1. The maximum absolute atomic E-state index is 13.3. The number of rotatable bonds is 8. The SMILES string of the molecule is CC.Cc1ccc(NC(=O)C(NC(=O)c2ccnn2C(C)C)C(C2CC2)C2CC2)cc1. The van der Waals surface area contributed by atoms with Gasteiger partial charge in [-0.25, -0.2) is 0 Å². The van der Waals surface area contributed by atoms with Crippen LogP contribution in [0.2, 0.25) is 0 Å². The van der Waals surface area contributed by atoms with E-state index in [-0.39, 0.29) is 23.8 Å². The summed E-state index contributed by atoms with van der Waals surface area (Å²) in [6, 6.07) is 9.03. The lowest BCUT2D eigenvalue weighted by molar-refractivity contribution is -0.119. The molecule has 2 fully saturated rings. The second-order valence-electron chi connectivity index (χ2n) is 8.81. The largest absolute Gasteiger partial charge is 0.339 e. The second-order valence-corrected chi connectivity index (χ2v) is 8.81. The summed E-state index contributed by atoms with van der Waals surface area (Å²) in [6.45, 7) is 9.99. The van der Waals surface area contributed by atoms with Gasteiger partial charge in [0.15, 0.2) is 0 Å². The first kappa shape index (κ1) is 23.0. The number of hydrogen-bond acceptors (Lipinski definition) is 3. The van der Waals surface area contributed by atoms with Crippen molar-refractivity contribution in [2.75, 3.05) is 5.32 Å². The summed E-state index contributed by atoms with van der Waals surface area (Å²) in [6.07, 6.45) is 6.23. The fourth-order valence-electron chi connectivity index (χ4n) is 4.21. The van der Waals surface area contributed by atoms with Crippen molar-refractivity contribution in [3.63, 3.8) is 0 Å². The second kappa shape index (κ2) is 10.1. The van der Waals surface area contributed by atoms with Crippen LogP contribution in [0, 0.1) is 24.7 Å². The number of carbonyl (C=O) groups excluding carboxylic acids is 2. The van der Waals surface area contributed by atoms with Gasteiger partial charge in [-0.15, -0.1) is 0 Å². The van der Waals surface area contributed by atoms with Crippen LogP contribution in [-0.2, 0) is 4.79 Å². The molecule has 2 amide bonds. The predicted octanol–water partition coefficient (Wildman–Crippen LogP) is 4.97. The Morgan fingerprint density at radius 3 is 2.10 bits per heavy atom. The van der Waals surface area contributed by atoms with Crippen molar-refractivity contribution in [2.24, 2.45) is 17.8 Å². The average Bonchev–Trinajstić information content (AvgIpc) is 3.70. The molecule has 1 aromatic carbocycles. The molecule has 6 heteroatoms. The minimum atomic E-state index is -0.528. The third-order valence-electron chi connectivity index (χ3n) is 6.00. The number of anilines is 1. The molecule has 2 saturated carbocycles. The Kier molecular flexibility index (Phi) is 7.52. The molecule has 0 spiro atoms. The zero-order valence-electron chi connectivity index (χ0n) is 19.4. The Morgan fingerprint density at radius 2 is 1.58 bits per heavy atom. The summed E-state index contributed by atoms with van der Waals surface area (Å²) in [5.41, 5.74) is 2.40. The van der Waals surface area contributed by atoms with Crippen molar-refractivity contribution in [3.8, 4) is 0 Å². The highest BCUT2D eigenvalue weighted by Crippen LogP contribution is 2.50. The summed E-state index contributed by atoms with van der Waals surface area (Å²) in [5.74, 6) is 0.922. The monoisotopic (exact) mass is 424 g/mol. The highest BCUT2D eigenvalue weighted by atomic mass is 16.2. The lowest BCUT2D eigenvalue weighted by atomic mass is 9.88. The van der Waals surface area contributed by atoms with Gasteiger partial charge in [-0.2, -0.15) is 5.10 Å². The molecule has 2 aromatic rings. The Morgan fingerprint density at radius 1 is 1.00 bits per heavy atom. The number of aromatic nitrogens is 2. The number of hydrogen-bond donors (Lipinski definition) is 2. The van der Waals surface area contributed by atoms with Crippen molar-refractivity contribution in [3.05, 3.63) is 47.8 Å². The predicted molar refractivity (Wildman–Crippen MR) is 124 cm³/mol. The zero-order chi connectivity index (χ0) is 22.5. The quantitative estimate of drug-likeness (QED) is 0.628. The van der Waals surface area contributed by atoms with Crippen LogP contribution in [0.5, 0.6) is 0 Å². The van der Waals surface area contributed by atoms with Crippen molar-refractivity contribution < 1.29 is 9.59 Å². The lowest BCUT2D eigenvalue weighted by Gasteiger charge is -2.27. The molecule has 0 bridgehead atoms. The number of aryl methyl sites for hydroxylation is 1. The van der Waals surface area contributed by atoms with Crippen LogP contribution in [-0.4, -0.2) is 27.6 Å². The first-order valence-corrected chi connectivity index (χ1v) is 11.7. The molecule has 1 atom stereocenters. The maximum atomic E-state index is 13.3. The van der Waals surface area contributed by atoms with E-state index in [1.807, 2.05) is 58.9 Å². The smallest absolute Gasteiger partial charge is 0.270 e. The first-order chi connectivity index (χ1) is 14.9. The van der Waals surface area contributed by atoms with E-state index in [9.17, 15) is 9.59 Å². The van der Waals surface area contributed by atoms with Gasteiger partial charge in [-0.1, -0.05) is 31.5 Å². The van der Waals surface area contributed by atoms with Crippen LogP contribution in [0.4, 0.5) is 5.69 Å². The normalized spacial score (nSPS) is 16.5. The molecule has 0 radical (unpaired) electrons.